The molecule has 0 radical (unpaired) electrons. The highest BCUT2D eigenvalue weighted by molar-refractivity contribution is 5.85. The fourth-order valence-electron chi connectivity index (χ4n) is 1.76. The third-order valence-corrected chi connectivity index (χ3v) is 2.67. The van der Waals surface area contributed by atoms with Crippen LogP contribution >= 0.6 is 12.4 Å². The maximum atomic E-state index is 2.33. The second-order valence-corrected chi connectivity index (χ2v) is 4.10. The summed E-state index contributed by atoms with van der Waals surface area (Å²) in [5.74, 6) is 0. The van der Waals surface area contributed by atoms with E-state index in [-0.39, 0.29) is 12.4 Å². The normalized spacial score (nSPS) is 12.3. The Morgan fingerprint density at radius 1 is 1.13 bits per heavy atom. The van der Waals surface area contributed by atoms with Crippen molar-refractivity contribution in [3.05, 3.63) is 35.9 Å². The first-order valence-corrected chi connectivity index (χ1v) is 5.44. The van der Waals surface area contributed by atoms with Crippen LogP contribution < -0.4 is 0 Å². The van der Waals surface area contributed by atoms with Gasteiger partial charge in [-0.15, -0.1) is 12.4 Å². The Bertz CT molecular complexity index is 246. The van der Waals surface area contributed by atoms with Gasteiger partial charge in [0.25, 0.3) is 0 Å². The molecule has 1 aromatic rings. The SMILES string of the molecule is CCCC(Cc1ccccc1)N(C)C.Cl. The fraction of sp³-hybridized carbons (Fsp3) is 0.538. The quantitative estimate of drug-likeness (QED) is 0.746. The first kappa shape index (κ1) is 14.5. The highest BCUT2D eigenvalue weighted by Gasteiger charge is 2.10. The van der Waals surface area contributed by atoms with Crippen molar-refractivity contribution in [2.45, 2.75) is 32.2 Å². The van der Waals surface area contributed by atoms with Gasteiger partial charge in [0.15, 0.2) is 0 Å². The van der Waals surface area contributed by atoms with Crippen LogP contribution in [-0.4, -0.2) is 25.0 Å². The molecule has 0 aliphatic heterocycles. The Balaban J connectivity index is 0.00000196. The fourth-order valence-corrected chi connectivity index (χ4v) is 1.76. The molecular weight excluding hydrogens is 206 g/mol. The van der Waals surface area contributed by atoms with Crippen molar-refractivity contribution >= 4 is 12.4 Å². The lowest BCUT2D eigenvalue weighted by Crippen LogP contribution is -2.29. The van der Waals surface area contributed by atoms with Crippen molar-refractivity contribution in [3.8, 4) is 0 Å². The summed E-state index contributed by atoms with van der Waals surface area (Å²) in [6.45, 7) is 2.25. The van der Waals surface area contributed by atoms with E-state index in [0.717, 1.165) is 0 Å². The van der Waals surface area contributed by atoms with Gasteiger partial charge < -0.3 is 4.90 Å². The van der Waals surface area contributed by atoms with Crippen molar-refractivity contribution in [3.63, 3.8) is 0 Å². The predicted molar refractivity (Wildman–Crippen MR) is 69.8 cm³/mol. The molecule has 0 spiro atoms. The highest BCUT2D eigenvalue weighted by atomic mass is 35.5. The van der Waals surface area contributed by atoms with Crippen LogP contribution in [0, 0.1) is 0 Å². The molecule has 0 N–H and O–H groups in total. The molecule has 0 bridgehead atoms. The van der Waals surface area contributed by atoms with Crippen LogP contribution in [0.4, 0.5) is 0 Å². The van der Waals surface area contributed by atoms with Crippen LogP contribution in [0.1, 0.15) is 25.3 Å². The lowest BCUT2D eigenvalue weighted by molar-refractivity contribution is 0.275. The van der Waals surface area contributed by atoms with Gasteiger partial charge in [0.1, 0.15) is 0 Å². The average Bonchev–Trinajstić information content (AvgIpc) is 2.18. The Labute approximate surface area is 99.9 Å². The molecule has 1 nitrogen and oxygen atoms in total. The van der Waals surface area contributed by atoms with Crippen molar-refractivity contribution < 1.29 is 0 Å². The first-order valence-electron chi connectivity index (χ1n) is 5.44. The maximum absolute atomic E-state index is 2.33. The highest BCUT2D eigenvalue weighted by Crippen LogP contribution is 2.11. The number of benzene rings is 1. The van der Waals surface area contributed by atoms with Gasteiger partial charge in [-0.25, -0.2) is 0 Å². The molecule has 0 aromatic heterocycles. The molecule has 0 aliphatic rings. The van der Waals surface area contributed by atoms with Gasteiger partial charge in [-0.3, -0.25) is 0 Å². The van der Waals surface area contributed by atoms with E-state index < -0.39 is 0 Å². The summed E-state index contributed by atoms with van der Waals surface area (Å²) in [6.07, 6.45) is 3.71. The molecule has 2 heteroatoms. The van der Waals surface area contributed by atoms with Crippen LogP contribution in [0.15, 0.2) is 30.3 Å². The second-order valence-electron chi connectivity index (χ2n) is 4.10. The van der Waals surface area contributed by atoms with Crippen LogP contribution in [0.3, 0.4) is 0 Å². The van der Waals surface area contributed by atoms with Gasteiger partial charge in [-0.2, -0.15) is 0 Å². The van der Waals surface area contributed by atoms with Crippen molar-refractivity contribution in [1.29, 1.82) is 0 Å². The molecule has 0 heterocycles. The monoisotopic (exact) mass is 227 g/mol. The summed E-state index contributed by atoms with van der Waals surface area (Å²) in [6, 6.07) is 11.4. The Morgan fingerprint density at radius 2 is 1.73 bits per heavy atom. The minimum Gasteiger partial charge on any atom is -0.306 e. The Kier molecular flexibility index (Phi) is 7.45. The lowest BCUT2D eigenvalue weighted by Gasteiger charge is -2.23. The summed E-state index contributed by atoms with van der Waals surface area (Å²) in [5, 5.41) is 0. The van der Waals surface area contributed by atoms with E-state index in [1.807, 2.05) is 0 Å². The minimum absolute atomic E-state index is 0. The van der Waals surface area contributed by atoms with Crippen LogP contribution in [0.2, 0.25) is 0 Å². The van der Waals surface area contributed by atoms with E-state index in [1.54, 1.807) is 0 Å². The molecule has 1 aromatic carbocycles. The third kappa shape index (κ3) is 5.19. The molecule has 0 amide bonds. The Hall–Kier alpha value is -0.530. The largest absolute Gasteiger partial charge is 0.306 e. The predicted octanol–water partition coefficient (Wildman–Crippen LogP) is 3.38. The number of hydrogen-bond donors (Lipinski definition) is 0. The standard InChI is InChI=1S/C13H21N.ClH/c1-4-8-13(14(2)3)11-12-9-6-5-7-10-12;/h5-7,9-10,13H,4,8,11H2,1-3H3;1H. The van der Waals surface area contributed by atoms with E-state index >= 15 is 0 Å². The summed E-state index contributed by atoms with van der Waals surface area (Å²) in [5.41, 5.74) is 1.44. The molecule has 86 valence electrons. The summed E-state index contributed by atoms with van der Waals surface area (Å²) in [4.78, 5) is 2.33. The van der Waals surface area contributed by atoms with E-state index in [0.29, 0.717) is 6.04 Å². The second kappa shape index (κ2) is 7.72. The molecular formula is C13H22ClN. The molecule has 0 aliphatic carbocycles. The molecule has 0 saturated carbocycles. The van der Waals surface area contributed by atoms with E-state index in [1.165, 1.54) is 24.8 Å². The van der Waals surface area contributed by atoms with Crippen molar-refractivity contribution in [2.75, 3.05) is 14.1 Å². The van der Waals surface area contributed by atoms with E-state index in [4.69, 9.17) is 0 Å². The number of likely N-dealkylation sites (N-methyl/N-ethyl adjacent to an activating group) is 1. The van der Waals surface area contributed by atoms with Gasteiger partial charge >= 0.3 is 0 Å². The minimum atomic E-state index is 0. The lowest BCUT2D eigenvalue weighted by atomic mass is 10.0. The van der Waals surface area contributed by atoms with Crippen molar-refractivity contribution in [2.24, 2.45) is 0 Å². The number of hydrogen-bond acceptors (Lipinski definition) is 1. The molecule has 15 heavy (non-hydrogen) atoms. The van der Waals surface area contributed by atoms with Gasteiger partial charge in [0, 0.05) is 6.04 Å². The van der Waals surface area contributed by atoms with Crippen LogP contribution in [-0.2, 0) is 6.42 Å². The number of nitrogens with zero attached hydrogens (tertiary/aromatic N) is 1. The third-order valence-electron chi connectivity index (χ3n) is 2.67. The van der Waals surface area contributed by atoms with Crippen LogP contribution in [0.5, 0.6) is 0 Å². The van der Waals surface area contributed by atoms with Gasteiger partial charge in [0.2, 0.25) is 0 Å². The zero-order valence-corrected chi connectivity index (χ0v) is 10.8. The zero-order chi connectivity index (χ0) is 10.4. The topological polar surface area (TPSA) is 3.24 Å². The molecule has 1 unspecified atom stereocenters. The molecule has 1 rings (SSSR count). The number of halogens is 1. The smallest absolute Gasteiger partial charge is 0.0129 e. The van der Waals surface area contributed by atoms with Gasteiger partial charge in [0.05, 0.1) is 0 Å². The molecule has 0 fully saturated rings. The summed E-state index contributed by atoms with van der Waals surface area (Å²) >= 11 is 0. The van der Waals surface area contributed by atoms with E-state index in [2.05, 4.69) is 56.3 Å². The Morgan fingerprint density at radius 3 is 2.20 bits per heavy atom. The zero-order valence-electron chi connectivity index (χ0n) is 9.94. The maximum Gasteiger partial charge on any atom is 0.0129 e. The summed E-state index contributed by atoms with van der Waals surface area (Å²) in [7, 11) is 4.34. The number of rotatable bonds is 5. The van der Waals surface area contributed by atoms with Crippen molar-refractivity contribution in [1.82, 2.24) is 4.90 Å². The molecule has 0 saturated heterocycles. The van der Waals surface area contributed by atoms with Gasteiger partial charge in [-0.1, -0.05) is 43.7 Å². The average molecular weight is 228 g/mol. The summed E-state index contributed by atoms with van der Waals surface area (Å²) < 4.78 is 0. The molecule has 1 atom stereocenters. The van der Waals surface area contributed by atoms with E-state index in [9.17, 15) is 0 Å². The van der Waals surface area contributed by atoms with Crippen LogP contribution in [0.25, 0.3) is 0 Å². The first-order chi connectivity index (χ1) is 6.74. The van der Waals surface area contributed by atoms with Gasteiger partial charge in [-0.05, 0) is 32.5 Å².